The molecule has 2 heterocycles. The smallest absolute Gasteiger partial charge is 0.258 e. The van der Waals surface area contributed by atoms with Crippen LogP contribution in [0.4, 0.5) is 0 Å². The fourth-order valence-electron chi connectivity index (χ4n) is 1.16. The molecule has 76 valence electrons. The fraction of sp³-hybridized carbons (Fsp3) is 0.200. The number of aromatic nitrogens is 3. The minimum absolute atomic E-state index is 0.0112. The summed E-state index contributed by atoms with van der Waals surface area (Å²) in [4.78, 5) is 18.8. The predicted molar refractivity (Wildman–Crippen MR) is 51.9 cm³/mol. The molecule has 2 aromatic rings. The average molecular weight is 203 g/mol. The molecular formula is C10H9N3O2. The van der Waals surface area contributed by atoms with Gasteiger partial charge in [-0.15, -0.1) is 0 Å². The number of hydrogen-bond donors (Lipinski definition) is 0. The van der Waals surface area contributed by atoms with Gasteiger partial charge in [0, 0.05) is 18.0 Å². The van der Waals surface area contributed by atoms with Crippen LogP contribution in [-0.2, 0) is 11.2 Å². The fourth-order valence-corrected chi connectivity index (χ4v) is 1.16. The van der Waals surface area contributed by atoms with Gasteiger partial charge in [0.15, 0.2) is 5.82 Å². The van der Waals surface area contributed by atoms with Gasteiger partial charge in [0.25, 0.3) is 5.89 Å². The summed E-state index contributed by atoms with van der Waals surface area (Å²) in [6, 6.07) is 3.54. The third-order valence-corrected chi connectivity index (χ3v) is 1.80. The Bertz CT molecular complexity index is 465. The molecule has 0 atom stereocenters. The first-order valence-corrected chi connectivity index (χ1v) is 4.48. The molecule has 2 rings (SSSR count). The molecule has 0 saturated carbocycles. The maximum atomic E-state index is 10.8. The summed E-state index contributed by atoms with van der Waals surface area (Å²) in [5.41, 5.74) is 0.798. The summed E-state index contributed by atoms with van der Waals surface area (Å²) in [5, 5.41) is 3.71. The van der Waals surface area contributed by atoms with Crippen LogP contribution >= 0.6 is 0 Å². The second-order valence-corrected chi connectivity index (χ2v) is 3.13. The molecule has 15 heavy (non-hydrogen) atoms. The largest absolute Gasteiger partial charge is 0.334 e. The van der Waals surface area contributed by atoms with Gasteiger partial charge in [-0.25, -0.2) is 0 Å². The Labute approximate surface area is 86.1 Å². The van der Waals surface area contributed by atoms with Crippen molar-refractivity contribution in [2.45, 2.75) is 13.3 Å². The van der Waals surface area contributed by atoms with Gasteiger partial charge in [-0.05, 0) is 19.1 Å². The summed E-state index contributed by atoms with van der Waals surface area (Å²) < 4.78 is 5.01. The van der Waals surface area contributed by atoms with Gasteiger partial charge in [-0.2, -0.15) is 4.98 Å². The van der Waals surface area contributed by atoms with Crippen molar-refractivity contribution in [1.29, 1.82) is 0 Å². The molecule has 0 amide bonds. The standard InChI is InChI=1S/C10H9N3O2/c1-7(14)6-9-12-10(15-13-9)8-2-4-11-5-3-8/h2-5H,6H2,1H3. The summed E-state index contributed by atoms with van der Waals surface area (Å²) >= 11 is 0. The molecule has 0 radical (unpaired) electrons. The van der Waals surface area contributed by atoms with Gasteiger partial charge in [-0.3, -0.25) is 9.78 Å². The lowest BCUT2D eigenvalue weighted by Crippen LogP contribution is -1.97. The molecule has 0 N–H and O–H groups in total. The normalized spacial score (nSPS) is 10.2. The second-order valence-electron chi connectivity index (χ2n) is 3.13. The maximum absolute atomic E-state index is 10.8. The minimum Gasteiger partial charge on any atom is -0.334 e. The molecular weight excluding hydrogens is 194 g/mol. The van der Waals surface area contributed by atoms with Gasteiger partial charge in [0.1, 0.15) is 5.78 Å². The van der Waals surface area contributed by atoms with Crippen molar-refractivity contribution < 1.29 is 9.32 Å². The Morgan fingerprint density at radius 3 is 2.80 bits per heavy atom. The van der Waals surface area contributed by atoms with Crippen LogP contribution in [0, 0.1) is 0 Å². The van der Waals surface area contributed by atoms with Gasteiger partial charge in [-0.1, -0.05) is 5.16 Å². The van der Waals surface area contributed by atoms with Crippen molar-refractivity contribution in [3.63, 3.8) is 0 Å². The molecule has 0 aliphatic carbocycles. The minimum atomic E-state index is 0.0112. The maximum Gasteiger partial charge on any atom is 0.258 e. The molecule has 5 nitrogen and oxygen atoms in total. The van der Waals surface area contributed by atoms with E-state index >= 15 is 0 Å². The first-order valence-electron chi connectivity index (χ1n) is 4.48. The molecule has 0 aliphatic heterocycles. The molecule has 0 fully saturated rings. The highest BCUT2D eigenvalue weighted by atomic mass is 16.5. The highest BCUT2D eigenvalue weighted by Gasteiger charge is 2.09. The van der Waals surface area contributed by atoms with E-state index < -0.39 is 0 Å². The van der Waals surface area contributed by atoms with Crippen LogP contribution in [-0.4, -0.2) is 20.9 Å². The second kappa shape index (κ2) is 4.00. The summed E-state index contributed by atoms with van der Waals surface area (Å²) in [6.07, 6.45) is 3.49. The highest BCUT2D eigenvalue weighted by Crippen LogP contribution is 2.15. The van der Waals surface area contributed by atoms with E-state index in [4.69, 9.17) is 4.52 Å². The number of pyridine rings is 1. The van der Waals surface area contributed by atoms with E-state index in [1.165, 1.54) is 6.92 Å². The van der Waals surface area contributed by atoms with E-state index in [0.717, 1.165) is 5.56 Å². The summed E-state index contributed by atoms with van der Waals surface area (Å²) in [5.74, 6) is 0.833. The van der Waals surface area contributed by atoms with Crippen LogP contribution in [0.25, 0.3) is 11.5 Å². The van der Waals surface area contributed by atoms with Crippen LogP contribution in [0.2, 0.25) is 0 Å². The van der Waals surface area contributed by atoms with E-state index in [-0.39, 0.29) is 12.2 Å². The first kappa shape index (κ1) is 9.51. The number of Topliss-reactive ketones (excluding diaryl/α,β-unsaturated/α-hetero) is 1. The molecule has 0 saturated heterocycles. The average Bonchev–Trinajstić information content (AvgIpc) is 2.67. The Hall–Kier alpha value is -2.04. The lowest BCUT2D eigenvalue weighted by atomic mass is 10.2. The zero-order valence-electron chi connectivity index (χ0n) is 8.17. The Morgan fingerprint density at radius 2 is 2.13 bits per heavy atom. The number of rotatable bonds is 3. The first-order chi connectivity index (χ1) is 7.25. The van der Waals surface area contributed by atoms with Crippen molar-refractivity contribution >= 4 is 5.78 Å². The number of ketones is 1. The van der Waals surface area contributed by atoms with Gasteiger partial charge in [0.2, 0.25) is 0 Å². The quantitative estimate of drug-likeness (QED) is 0.751. The van der Waals surface area contributed by atoms with Gasteiger partial charge < -0.3 is 4.52 Å². The van der Waals surface area contributed by atoms with Crippen LogP contribution < -0.4 is 0 Å². The Kier molecular flexibility index (Phi) is 2.53. The van der Waals surface area contributed by atoms with E-state index in [1.807, 2.05) is 0 Å². The summed E-state index contributed by atoms with van der Waals surface area (Å²) in [7, 11) is 0. The molecule has 2 aromatic heterocycles. The Balaban J connectivity index is 2.24. The number of carbonyl (C=O) groups excluding carboxylic acids is 1. The highest BCUT2D eigenvalue weighted by molar-refractivity contribution is 5.77. The molecule has 0 aliphatic rings. The van der Waals surface area contributed by atoms with Crippen LogP contribution in [0.15, 0.2) is 29.0 Å². The van der Waals surface area contributed by atoms with Crippen molar-refractivity contribution in [3.8, 4) is 11.5 Å². The summed E-state index contributed by atoms with van der Waals surface area (Å²) in [6.45, 7) is 1.49. The lowest BCUT2D eigenvalue weighted by Gasteiger charge is -1.89. The van der Waals surface area contributed by atoms with Crippen LogP contribution in [0.5, 0.6) is 0 Å². The van der Waals surface area contributed by atoms with E-state index in [0.29, 0.717) is 11.7 Å². The zero-order valence-corrected chi connectivity index (χ0v) is 8.17. The number of hydrogen-bond acceptors (Lipinski definition) is 5. The topological polar surface area (TPSA) is 68.9 Å². The van der Waals surface area contributed by atoms with Gasteiger partial charge in [0.05, 0.1) is 6.42 Å². The van der Waals surface area contributed by atoms with Crippen molar-refractivity contribution in [1.82, 2.24) is 15.1 Å². The third-order valence-electron chi connectivity index (χ3n) is 1.80. The molecule has 0 aromatic carbocycles. The van der Waals surface area contributed by atoms with E-state index in [9.17, 15) is 4.79 Å². The molecule has 0 unspecified atom stereocenters. The van der Waals surface area contributed by atoms with Crippen LogP contribution in [0.1, 0.15) is 12.7 Å². The van der Waals surface area contributed by atoms with Crippen molar-refractivity contribution in [2.75, 3.05) is 0 Å². The number of carbonyl (C=O) groups is 1. The molecule has 0 bridgehead atoms. The van der Waals surface area contributed by atoms with Crippen molar-refractivity contribution in [2.24, 2.45) is 0 Å². The predicted octanol–water partition coefficient (Wildman–Crippen LogP) is 1.26. The lowest BCUT2D eigenvalue weighted by molar-refractivity contribution is -0.116. The van der Waals surface area contributed by atoms with Gasteiger partial charge >= 0.3 is 0 Å². The molecule has 5 heteroatoms. The number of nitrogens with zero attached hydrogens (tertiary/aromatic N) is 3. The Morgan fingerprint density at radius 1 is 1.40 bits per heavy atom. The van der Waals surface area contributed by atoms with Crippen molar-refractivity contribution in [3.05, 3.63) is 30.4 Å². The third kappa shape index (κ3) is 2.25. The van der Waals surface area contributed by atoms with Crippen LogP contribution in [0.3, 0.4) is 0 Å². The monoisotopic (exact) mass is 203 g/mol. The zero-order chi connectivity index (χ0) is 10.7. The van der Waals surface area contributed by atoms with E-state index in [1.54, 1.807) is 24.5 Å². The van der Waals surface area contributed by atoms with E-state index in [2.05, 4.69) is 15.1 Å². The molecule has 0 spiro atoms. The SMILES string of the molecule is CC(=O)Cc1noc(-c2ccncc2)n1.